The Hall–Kier alpha value is -3.84. The Bertz CT molecular complexity index is 1240. The number of benzene rings is 3. The standard InChI is InChI=1S/C25H20ClNO6/c1-15-6-8-17(26)13-20(15)27-23(28)14-33-25(30)19-5-3-2-4-18(19)24(29)16-7-9-21-22(12-16)32-11-10-31-21/h2-9,12-13H,10-11,14H2,1H3,(H,27,28). The summed E-state index contributed by atoms with van der Waals surface area (Å²) in [4.78, 5) is 38.1. The van der Waals surface area contributed by atoms with Gasteiger partial charge in [0.1, 0.15) is 13.2 Å². The van der Waals surface area contributed by atoms with Gasteiger partial charge in [-0.25, -0.2) is 4.79 Å². The van der Waals surface area contributed by atoms with Gasteiger partial charge in [0, 0.05) is 21.8 Å². The Balaban J connectivity index is 1.46. The molecule has 3 aromatic rings. The average Bonchev–Trinajstić information content (AvgIpc) is 2.84. The zero-order valence-electron chi connectivity index (χ0n) is 17.7. The van der Waals surface area contributed by atoms with Gasteiger partial charge in [0.15, 0.2) is 23.9 Å². The first-order valence-electron chi connectivity index (χ1n) is 10.2. The number of rotatable bonds is 6. The molecule has 0 aliphatic carbocycles. The van der Waals surface area contributed by atoms with E-state index in [-0.39, 0.29) is 16.9 Å². The van der Waals surface area contributed by atoms with Crippen LogP contribution in [0.15, 0.2) is 60.7 Å². The van der Waals surface area contributed by atoms with Crippen LogP contribution in [0.3, 0.4) is 0 Å². The number of esters is 1. The van der Waals surface area contributed by atoms with E-state index in [0.717, 1.165) is 5.56 Å². The number of ether oxygens (including phenoxy) is 3. The van der Waals surface area contributed by atoms with E-state index in [1.54, 1.807) is 48.5 Å². The van der Waals surface area contributed by atoms with Crippen LogP contribution in [0.1, 0.15) is 31.8 Å². The Labute approximate surface area is 195 Å². The van der Waals surface area contributed by atoms with Gasteiger partial charge in [0.25, 0.3) is 5.91 Å². The molecule has 1 aliphatic rings. The second kappa shape index (κ2) is 9.75. The molecule has 4 rings (SSSR count). The van der Waals surface area contributed by atoms with E-state index in [2.05, 4.69) is 5.32 Å². The van der Waals surface area contributed by atoms with Crippen LogP contribution in [0.2, 0.25) is 5.02 Å². The molecular formula is C25H20ClNO6. The van der Waals surface area contributed by atoms with Gasteiger partial charge < -0.3 is 19.5 Å². The third-order valence-corrected chi connectivity index (χ3v) is 5.24. The molecule has 3 aromatic carbocycles. The average molecular weight is 466 g/mol. The predicted molar refractivity (Wildman–Crippen MR) is 122 cm³/mol. The SMILES string of the molecule is Cc1ccc(Cl)cc1NC(=O)COC(=O)c1ccccc1C(=O)c1ccc2c(c1)OCCO2. The zero-order valence-corrected chi connectivity index (χ0v) is 18.5. The molecule has 1 aliphatic heterocycles. The normalized spacial score (nSPS) is 12.1. The molecule has 0 unspecified atom stereocenters. The summed E-state index contributed by atoms with van der Waals surface area (Å²) >= 11 is 5.96. The maximum atomic E-state index is 13.1. The predicted octanol–water partition coefficient (Wildman–Crippen LogP) is 4.45. The number of amides is 1. The first kappa shape index (κ1) is 22.4. The Morgan fingerprint density at radius 3 is 2.45 bits per heavy atom. The highest BCUT2D eigenvalue weighted by Gasteiger charge is 2.22. The third kappa shape index (κ3) is 5.15. The number of hydrogen-bond acceptors (Lipinski definition) is 6. The lowest BCUT2D eigenvalue weighted by Crippen LogP contribution is -2.22. The molecule has 1 amide bonds. The number of fused-ring (bicyclic) bond motifs is 1. The first-order chi connectivity index (χ1) is 15.9. The van der Waals surface area contributed by atoms with E-state index in [1.807, 2.05) is 6.92 Å². The Morgan fingerprint density at radius 2 is 1.67 bits per heavy atom. The fourth-order valence-corrected chi connectivity index (χ4v) is 3.50. The summed E-state index contributed by atoms with van der Waals surface area (Å²) in [5.41, 5.74) is 1.90. The number of carbonyl (C=O) groups excluding carboxylic acids is 3. The quantitative estimate of drug-likeness (QED) is 0.427. The van der Waals surface area contributed by atoms with Crippen molar-refractivity contribution < 1.29 is 28.6 Å². The molecule has 0 saturated carbocycles. The molecule has 1 heterocycles. The minimum atomic E-state index is -0.783. The number of hydrogen-bond donors (Lipinski definition) is 1. The van der Waals surface area contributed by atoms with E-state index < -0.39 is 18.5 Å². The molecule has 7 nitrogen and oxygen atoms in total. The van der Waals surface area contributed by atoms with Crippen LogP contribution in [0, 0.1) is 6.92 Å². The molecular weight excluding hydrogens is 446 g/mol. The molecule has 0 bridgehead atoms. The smallest absolute Gasteiger partial charge is 0.339 e. The molecule has 0 aromatic heterocycles. The van der Waals surface area contributed by atoms with Crippen molar-refractivity contribution in [2.24, 2.45) is 0 Å². The topological polar surface area (TPSA) is 90.9 Å². The van der Waals surface area contributed by atoms with Crippen molar-refractivity contribution in [3.63, 3.8) is 0 Å². The molecule has 0 atom stereocenters. The Morgan fingerprint density at radius 1 is 0.939 bits per heavy atom. The fourth-order valence-electron chi connectivity index (χ4n) is 3.32. The lowest BCUT2D eigenvalue weighted by molar-refractivity contribution is -0.119. The van der Waals surface area contributed by atoms with Gasteiger partial charge in [0.2, 0.25) is 0 Å². The summed E-state index contributed by atoms with van der Waals surface area (Å²) in [7, 11) is 0. The molecule has 33 heavy (non-hydrogen) atoms. The summed E-state index contributed by atoms with van der Waals surface area (Å²) in [5.74, 6) is -0.649. The number of aryl methyl sites for hydroxylation is 1. The van der Waals surface area contributed by atoms with Crippen LogP contribution in [-0.4, -0.2) is 37.5 Å². The number of nitrogens with one attached hydrogen (secondary N) is 1. The van der Waals surface area contributed by atoms with Crippen LogP contribution in [0.5, 0.6) is 11.5 Å². The van der Waals surface area contributed by atoms with Gasteiger partial charge in [-0.3, -0.25) is 9.59 Å². The summed E-state index contributed by atoms with van der Waals surface area (Å²) in [5, 5.41) is 3.13. The zero-order chi connectivity index (χ0) is 23.4. The molecule has 0 spiro atoms. The van der Waals surface area contributed by atoms with Gasteiger partial charge in [-0.05, 0) is 48.9 Å². The summed E-state index contributed by atoms with van der Waals surface area (Å²) in [6.45, 7) is 2.14. The lowest BCUT2D eigenvalue weighted by Gasteiger charge is -2.18. The fraction of sp³-hybridized carbons (Fsp3) is 0.160. The van der Waals surface area contributed by atoms with Crippen molar-refractivity contribution >= 4 is 34.9 Å². The van der Waals surface area contributed by atoms with Crippen molar-refractivity contribution in [3.05, 3.63) is 87.9 Å². The third-order valence-electron chi connectivity index (χ3n) is 5.00. The van der Waals surface area contributed by atoms with Crippen molar-refractivity contribution in [2.75, 3.05) is 25.1 Å². The van der Waals surface area contributed by atoms with E-state index in [4.69, 9.17) is 25.8 Å². The van der Waals surface area contributed by atoms with Gasteiger partial charge >= 0.3 is 5.97 Å². The van der Waals surface area contributed by atoms with Crippen LogP contribution < -0.4 is 14.8 Å². The first-order valence-corrected chi connectivity index (χ1v) is 10.6. The lowest BCUT2D eigenvalue weighted by atomic mass is 9.98. The van der Waals surface area contributed by atoms with Crippen molar-refractivity contribution in [1.29, 1.82) is 0 Å². The van der Waals surface area contributed by atoms with Crippen molar-refractivity contribution in [1.82, 2.24) is 0 Å². The highest BCUT2D eigenvalue weighted by molar-refractivity contribution is 6.31. The van der Waals surface area contributed by atoms with E-state index in [0.29, 0.717) is 41.0 Å². The second-order valence-electron chi connectivity index (χ2n) is 7.32. The number of anilines is 1. The highest BCUT2D eigenvalue weighted by atomic mass is 35.5. The minimum Gasteiger partial charge on any atom is -0.486 e. The Kier molecular flexibility index (Phi) is 6.60. The molecule has 0 saturated heterocycles. The van der Waals surface area contributed by atoms with Crippen molar-refractivity contribution in [3.8, 4) is 11.5 Å². The van der Waals surface area contributed by atoms with E-state index >= 15 is 0 Å². The summed E-state index contributed by atoms with van der Waals surface area (Å²) < 4.78 is 16.2. The largest absolute Gasteiger partial charge is 0.486 e. The molecule has 1 N–H and O–H groups in total. The maximum absolute atomic E-state index is 13.1. The van der Waals surface area contributed by atoms with Gasteiger partial charge in [-0.15, -0.1) is 0 Å². The molecule has 0 radical (unpaired) electrons. The maximum Gasteiger partial charge on any atom is 0.339 e. The second-order valence-corrected chi connectivity index (χ2v) is 7.75. The summed E-state index contributed by atoms with van der Waals surface area (Å²) in [6.07, 6.45) is 0. The van der Waals surface area contributed by atoms with Crippen molar-refractivity contribution in [2.45, 2.75) is 6.92 Å². The number of halogens is 1. The molecule has 0 fully saturated rings. The van der Waals surface area contributed by atoms with Gasteiger partial charge in [0.05, 0.1) is 5.56 Å². The van der Waals surface area contributed by atoms with Gasteiger partial charge in [-0.1, -0.05) is 35.9 Å². The van der Waals surface area contributed by atoms with E-state index in [1.165, 1.54) is 12.1 Å². The number of ketones is 1. The van der Waals surface area contributed by atoms with Crippen LogP contribution in [0.4, 0.5) is 5.69 Å². The number of carbonyl (C=O) groups is 3. The molecule has 168 valence electrons. The monoisotopic (exact) mass is 465 g/mol. The van der Waals surface area contributed by atoms with E-state index in [9.17, 15) is 14.4 Å². The minimum absolute atomic E-state index is 0.0594. The molecule has 8 heteroatoms. The highest BCUT2D eigenvalue weighted by Crippen LogP contribution is 2.31. The van der Waals surface area contributed by atoms with Crippen LogP contribution >= 0.6 is 11.6 Å². The van der Waals surface area contributed by atoms with Crippen LogP contribution in [0.25, 0.3) is 0 Å². The van der Waals surface area contributed by atoms with Crippen LogP contribution in [-0.2, 0) is 9.53 Å². The summed E-state index contributed by atoms with van der Waals surface area (Å²) in [6, 6.07) is 16.2. The van der Waals surface area contributed by atoms with Gasteiger partial charge in [-0.2, -0.15) is 0 Å².